The quantitative estimate of drug-likeness (QED) is 0.568. The Labute approximate surface area is 124 Å². The van der Waals surface area contributed by atoms with Crippen molar-refractivity contribution < 1.29 is 4.74 Å². The SMILES string of the molecule is CCCCCCNC(C)c1ccc(OCCCC)cc1. The lowest BCUT2D eigenvalue weighted by Gasteiger charge is -2.15. The summed E-state index contributed by atoms with van der Waals surface area (Å²) in [7, 11) is 0. The van der Waals surface area contributed by atoms with E-state index in [-0.39, 0.29) is 0 Å². The number of hydrogen-bond acceptors (Lipinski definition) is 2. The second-order valence-electron chi connectivity index (χ2n) is 5.51. The second-order valence-corrected chi connectivity index (χ2v) is 5.51. The van der Waals surface area contributed by atoms with Gasteiger partial charge >= 0.3 is 0 Å². The molecule has 0 aliphatic carbocycles. The lowest BCUT2D eigenvalue weighted by molar-refractivity contribution is 0.309. The third kappa shape index (κ3) is 6.95. The van der Waals surface area contributed by atoms with Crippen LogP contribution in [-0.4, -0.2) is 13.2 Å². The van der Waals surface area contributed by atoms with Gasteiger partial charge in [0.1, 0.15) is 5.75 Å². The van der Waals surface area contributed by atoms with Gasteiger partial charge in [-0.3, -0.25) is 0 Å². The smallest absolute Gasteiger partial charge is 0.119 e. The van der Waals surface area contributed by atoms with E-state index in [1.54, 1.807) is 0 Å². The van der Waals surface area contributed by atoms with Gasteiger partial charge in [0, 0.05) is 6.04 Å². The summed E-state index contributed by atoms with van der Waals surface area (Å²) >= 11 is 0. The van der Waals surface area contributed by atoms with Crippen molar-refractivity contribution in [3.8, 4) is 5.75 Å². The molecular formula is C18H31NO. The molecule has 0 radical (unpaired) electrons. The van der Waals surface area contributed by atoms with E-state index in [1.807, 2.05) is 0 Å². The molecule has 0 aliphatic rings. The zero-order chi connectivity index (χ0) is 14.6. The lowest BCUT2D eigenvalue weighted by Crippen LogP contribution is -2.19. The van der Waals surface area contributed by atoms with E-state index in [4.69, 9.17) is 4.74 Å². The molecule has 2 nitrogen and oxygen atoms in total. The summed E-state index contributed by atoms with van der Waals surface area (Å²) < 4.78 is 5.69. The molecular weight excluding hydrogens is 246 g/mol. The van der Waals surface area contributed by atoms with Crippen LogP contribution in [0.2, 0.25) is 0 Å². The van der Waals surface area contributed by atoms with Gasteiger partial charge in [-0.1, -0.05) is 51.7 Å². The molecule has 0 amide bonds. The fraction of sp³-hybridized carbons (Fsp3) is 0.667. The molecule has 1 aromatic carbocycles. The van der Waals surface area contributed by atoms with E-state index in [0.29, 0.717) is 6.04 Å². The highest BCUT2D eigenvalue weighted by atomic mass is 16.5. The van der Waals surface area contributed by atoms with Crippen LogP contribution in [0.25, 0.3) is 0 Å². The topological polar surface area (TPSA) is 21.3 Å². The molecule has 0 fully saturated rings. The molecule has 20 heavy (non-hydrogen) atoms. The van der Waals surface area contributed by atoms with E-state index in [0.717, 1.165) is 25.3 Å². The van der Waals surface area contributed by atoms with Crippen molar-refractivity contribution in [1.82, 2.24) is 5.32 Å². The van der Waals surface area contributed by atoms with Crippen molar-refractivity contribution in [3.63, 3.8) is 0 Å². The lowest BCUT2D eigenvalue weighted by atomic mass is 10.1. The summed E-state index contributed by atoms with van der Waals surface area (Å²) in [5, 5.41) is 3.59. The molecule has 1 rings (SSSR count). The Hall–Kier alpha value is -1.02. The first-order chi connectivity index (χ1) is 9.77. The third-order valence-corrected chi connectivity index (χ3v) is 3.63. The van der Waals surface area contributed by atoms with Crippen molar-refractivity contribution in [3.05, 3.63) is 29.8 Å². The molecule has 114 valence electrons. The summed E-state index contributed by atoms with van der Waals surface area (Å²) in [6.07, 6.45) is 7.56. The van der Waals surface area contributed by atoms with E-state index in [9.17, 15) is 0 Å². The van der Waals surface area contributed by atoms with Crippen molar-refractivity contribution in [1.29, 1.82) is 0 Å². The van der Waals surface area contributed by atoms with Gasteiger partial charge in [-0.2, -0.15) is 0 Å². The van der Waals surface area contributed by atoms with Gasteiger partial charge in [0.2, 0.25) is 0 Å². The second kappa shape index (κ2) is 10.7. The van der Waals surface area contributed by atoms with Gasteiger partial charge in [-0.05, 0) is 44.0 Å². The molecule has 0 aliphatic heterocycles. The highest BCUT2D eigenvalue weighted by molar-refractivity contribution is 5.28. The molecule has 1 atom stereocenters. The molecule has 0 spiro atoms. The van der Waals surface area contributed by atoms with E-state index < -0.39 is 0 Å². The van der Waals surface area contributed by atoms with Crippen molar-refractivity contribution in [2.75, 3.05) is 13.2 Å². The average Bonchev–Trinajstić information content (AvgIpc) is 2.48. The van der Waals surface area contributed by atoms with Gasteiger partial charge in [0.15, 0.2) is 0 Å². The number of hydrogen-bond donors (Lipinski definition) is 1. The van der Waals surface area contributed by atoms with Crippen LogP contribution >= 0.6 is 0 Å². The summed E-state index contributed by atoms with van der Waals surface area (Å²) in [5.41, 5.74) is 1.34. The molecule has 0 heterocycles. The van der Waals surface area contributed by atoms with Crippen LogP contribution in [0.15, 0.2) is 24.3 Å². The van der Waals surface area contributed by atoms with E-state index in [2.05, 4.69) is 50.4 Å². The maximum absolute atomic E-state index is 5.69. The predicted octanol–water partition coefficient (Wildman–Crippen LogP) is 5.10. The number of benzene rings is 1. The van der Waals surface area contributed by atoms with Crippen LogP contribution in [0.4, 0.5) is 0 Å². The molecule has 1 N–H and O–H groups in total. The number of unbranched alkanes of at least 4 members (excludes halogenated alkanes) is 4. The highest BCUT2D eigenvalue weighted by Gasteiger charge is 2.04. The van der Waals surface area contributed by atoms with Crippen LogP contribution in [0.3, 0.4) is 0 Å². The molecule has 0 bridgehead atoms. The molecule has 1 unspecified atom stereocenters. The standard InChI is InChI=1S/C18H31NO/c1-4-6-8-9-14-19-16(3)17-10-12-18(13-11-17)20-15-7-5-2/h10-13,16,19H,4-9,14-15H2,1-3H3. The van der Waals surface area contributed by atoms with Gasteiger partial charge in [0.25, 0.3) is 0 Å². The Bertz CT molecular complexity index is 334. The van der Waals surface area contributed by atoms with Gasteiger partial charge < -0.3 is 10.1 Å². The van der Waals surface area contributed by atoms with Crippen LogP contribution in [-0.2, 0) is 0 Å². The minimum absolute atomic E-state index is 0.418. The summed E-state index contributed by atoms with van der Waals surface area (Å²) in [6.45, 7) is 8.59. The normalized spacial score (nSPS) is 12.3. The number of rotatable bonds is 11. The van der Waals surface area contributed by atoms with Gasteiger partial charge in [-0.15, -0.1) is 0 Å². The van der Waals surface area contributed by atoms with Gasteiger partial charge in [0.05, 0.1) is 6.61 Å². The fourth-order valence-electron chi connectivity index (χ4n) is 2.18. The minimum Gasteiger partial charge on any atom is -0.494 e. The average molecular weight is 277 g/mol. The predicted molar refractivity (Wildman–Crippen MR) is 87.4 cm³/mol. The zero-order valence-electron chi connectivity index (χ0n) is 13.5. The highest BCUT2D eigenvalue weighted by Crippen LogP contribution is 2.18. The Morgan fingerprint density at radius 2 is 1.65 bits per heavy atom. The van der Waals surface area contributed by atoms with Crippen LogP contribution in [0.5, 0.6) is 5.75 Å². The van der Waals surface area contributed by atoms with Crippen LogP contribution in [0.1, 0.15) is 70.9 Å². The Balaban J connectivity index is 2.27. The summed E-state index contributed by atoms with van der Waals surface area (Å²) in [4.78, 5) is 0. The van der Waals surface area contributed by atoms with E-state index >= 15 is 0 Å². The minimum atomic E-state index is 0.418. The monoisotopic (exact) mass is 277 g/mol. The van der Waals surface area contributed by atoms with Crippen molar-refractivity contribution in [2.24, 2.45) is 0 Å². The Morgan fingerprint density at radius 1 is 0.950 bits per heavy atom. The maximum atomic E-state index is 5.69. The van der Waals surface area contributed by atoms with Crippen molar-refractivity contribution >= 4 is 0 Å². The van der Waals surface area contributed by atoms with Crippen LogP contribution < -0.4 is 10.1 Å². The largest absolute Gasteiger partial charge is 0.494 e. The fourth-order valence-corrected chi connectivity index (χ4v) is 2.18. The number of nitrogens with one attached hydrogen (secondary N) is 1. The van der Waals surface area contributed by atoms with Crippen LogP contribution in [0, 0.1) is 0 Å². The third-order valence-electron chi connectivity index (χ3n) is 3.63. The Morgan fingerprint density at radius 3 is 2.30 bits per heavy atom. The maximum Gasteiger partial charge on any atom is 0.119 e. The first-order valence-corrected chi connectivity index (χ1v) is 8.24. The Kier molecular flexibility index (Phi) is 9.14. The molecule has 1 aromatic rings. The summed E-state index contributed by atoms with van der Waals surface area (Å²) in [5.74, 6) is 0.984. The first kappa shape index (κ1) is 17.0. The molecule has 0 saturated heterocycles. The van der Waals surface area contributed by atoms with Crippen molar-refractivity contribution in [2.45, 2.75) is 65.3 Å². The summed E-state index contributed by atoms with van der Waals surface area (Å²) in [6, 6.07) is 8.93. The van der Waals surface area contributed by atoms with E-state index in [1.165, 1.54) is 37.7 Å². The molecule has 0 saturated carbocycles. The number of ether oxygens (including phenoxy) is 1. The zero-order valence-corrected chi connectivity index (χ0v) is 13.5. The molecule has 2 heteroatoms. The first-order valence-electron chi connectivity index (χ1n) is 8.24. The van der Waals surface area contributed by atoms with Gasteiger partial charge in [-0.25, -0.2) is 0 Å². The molecule has 0 aromatic heterocycles.